The number of esters is 3. The minimum absolute atomic E-state index is 0.197. The lowest BCUT2D eigenvalue weighted by Gasteiger charge is -2.42. The molecule has 0 bridgehead atoms. The molecule has 0 aliphatic carbocycles. The van der Waals surface area contributed by atoms with Gasteiger partial charge in [-0.05, 0) is 15.9 Å². The number of alkyl halides is 1. The quantitative estimate of drug-likeness (QED) is 0.334. The summed E-state index contributed by atoms with van der Waals surface area (Å²) in [6, 6.07) is 0. The Bertz CT molecular complexity index is 683. The van der Waals surface area contributed by atoms with E-state index in [1.165, 1.54) is 31.8 Å². The SMILES string of the molecule is CC(=O)OC[C@H]1O[C@H](n2cnc(Br)n2)[C@@H](Br)[C@@H](OC(C)=O)[C@@H]1OC(C)=O. The summed E-state index contributed by atoms with van der Waals surface area (Å²) in [6.45, 7) is 3.50. The van der Waals surface area contributed by atoms with Crippen LogP contribution in [0.5, 0.6) is 0 Å². The van der Waals surface area contributed by atoms with Gasteiger partial charge in [-0.3, -0.25) is 14.4 Å². The highest BCUT2D eigenvalue weighted by atomic mass is 79.9. The highest BCUT2D eigenvalue weighted by Gasteiger charge is 2.50. The molecule has 10 nitrogen and oxygen atoms in total. The molecule has 0 saturated carbocycles. The molecule has 1 aromatic rings. The summed E-state index contributed by atoms with van der Waals surface area (Å²) in [6.07, 6.45) is -2.11. The molecule has 5 atom stereocenters. The van der Waals surface area contributed by atoms with Crippen LogP contribution in [-0.2, 0) is 33.3 Å². The van der Waals surface area contributed by atoms with Gasteiger partial charge in [0.2, 0.25) is 4.73 Å². The van der Waals surface area contributed by atoms with Gasteiger partial charge in [0.05, 0.1) is 0 Å². The molecule has 1 saturated heterocycles. The average molecular weight is 499 g/mol. The molecule has 1 aliphatic heterocycles. The molecule has 2 rings (SSSR count). The smallest absolute Gasteiger partial charge is 0.303 e. The van der Waals surface area contributed by atoms with E-state index in [1.807, 2.05) is 0 Å². The Balaban J connectivity index is 2.35. The van der Waals surface area contributed by atoms with Crippen molar-refractivity contribution in [3.05, 3.63) is 11.1 Å². The molecule has 144 valence electrons. The topological polar surface area (TPSA) is 119 Å². The van der Waals surface area contributed by atoms with E-state index < -0.39 is 47.3 Å². The Morgan fingerprint density at radius 2 is 1.77 bits per heavy atom. The van der Waals surface area contributed by atoms with Crippen molar-refractivity contribution < 1.29 is 33.3 Å². The first-order valence-electron chi connectivity index (χ1n) is 7.53. The van der Waals surface area contributed by atoms with Crippen molar-refractivity contribution in [2.45, 2.75) is 50.1 Å². The predicted octanol–water partition coefficient (Wildman–Crippen LogP) is 1.13. The van der Waals surface area contributed by atoms with E-state index >= 15 is 0 Å². The maximum atomic E-state index is 11.6. The maximum Gasteiger partial charge on any atom is 0.303 e. The fraction of sp³-hybridized carbons (Fsp3) is 0.643. The van der Waals surface area contributed by atoms with E-state index in [0.717, 1.165) is 0 Å². The zero-order chi connectivity index (χ0) is 19.4. The monoisotopic (exact) mass is 497 g/mol. The van der Waals surface area contributed by atoms with Crippen molar-refractivity contribution in [1.29, 1.82) is 0 Å². The fourth-order valence-electron chi connectivity index (χ4n) is 2.46. The second-order valence-corrected chi connectivity index (χ2v) is 7.22. The van der Waals surface area contributed by atoms with E-state index in [9.17, 15) is 14.4 Å². The third-order valence-electron chi connectivity index (χ3n) is 3.39. The van der Waals surface area contributed by atoms with Gasteiger partial charge in [-0.2, -0.15) is 0 Å². The van der Waals surface area contributed by atoms with Gasteiger partial charge in [0.25, 0.3) is 0 Å². The van der Waals surface area contributed by atoms with Crippen LogP contribution in [0.1, 0.15) is 27.0 Å². The standard InChI is InChI=1S/C14H17Br2N3O7/c1-6(20)23-4-9-11(24-7(2)21)12(25-8(3)22)10(15)13(26-9)19-5-17-14(16)18-19/h5,9-13H,4H2,1-3H3/t9-,10+,11-,12-,13+/m1/s1. The van der Waals surface area contributed by atoms with Crippen LogP contribution >= 0.6 is 31.9 Å². The number of nitrogens with zero attached hydrogens (tertiary/aromatic N) is 3. The predicted molar refractivity (Wildman–Crippen MR) is 92.1 cm³/mol. The highest BCUT2D eigenvalue weighted by molar-refractivity contribution is 9.10. The molecule has 2 heterocycles. The van der Waals surface area contributed by atoms with Crippen LogP contribution in [0.3, 0.4) is 0 Å². The van der Waals surface area contributed by atoms with Crippen molar-refractivity contribution in [3.8, 4) is 0 Å². The molecule has 0 spiro atoms. The Hall–Kier alpha value is -1.53. The first kappa shape index (κ1) is 20.8. The third-order valence-corrected chi connectivity index (χ3v) is 4.72. The Kier molecular flexibility index (Phi) is 7.12. The van der Waals surface area contributed by atoms with E-state index in [-0.39, 0.29) is 6.61 Å². The van der Waals surface area contributed by atoms with Gasteiger partial charge in [0.15, 0.2) is 18.4 Å². The fourth-order valence-corrected chi connectivity index (χ4v) is 3.51. The number of hydrogen-bond donors (Lipinski definition) is 0. The molecule has 0 aromatic carbocycles. The van der Waals surface area contributed by atoms with Crippen molar-refractivity contribution in [2.75, 3.05) is 6.61 Å². The Labute approximate surface area is 165 Å². The van der Waals surface area contributed by atoms with Gasteiger partial charge in [-0.15, -0.1) is 5.10 Å². The number of ether oxygens (including phenoxy) is 4. The normalized spacial score (nSPS) is 28.3. The highest BCUT2D eigenvalue weighted by Crippen LogP contribution is 2.36. The first-order valence-corrected chi connectivity index (χ1v) is 9.24. The molecule has 0 N–H and O–H groups in total. The van der Waals surface area contributed by atoms with E-state index in [2.05, 4.69) is 41.9 Å². The number of halogens is 2. The number of rotatable bonds is 5. The van der Waals surface area contributed by atoms with Crippen LogP contribution in [0.15, 0.2) is 11.1 Å². The molecule has 26 heavy (non-hydrogen) atoms. The summed E-state index contributed by atoms with van der Waals surface area (Å²) in [5.41, 5.74) is 0. The van der Waals surface area contributed by atoms with Crippen LogP contribution in [0.25, 0.3) is 0 Å². The van der Waals surface area contributed by atoms with E-state index in [1.54, 1.807) is 0 Å². The molecule has 12 heteroatoms. The van der Waals surface area contributed by atoms with Gasteiger partial charge >= 0.3 is 17.9 Å². The summed E-state index contributed by atoms with van der Waals surface area (Å²) < 4.78 is 23.3. The van der Waals surface area contributed by atoms with Crippen molar-refractivity contribution in [3.63, 3.8) is 0 Å². The molecule has 1 fully saturated rings. The van der Waals surface area contributed by atoms with Gasteiger partial charge < -0.3 is 18.9 Å². The van der Waals surface area contributed by atoms with Crippen molar-refractivity contribution in [2.24, 2.45) is 0 Å². The second kappa shape index (κ2) is 8.91. The van der Waals surface area contributed by atoms with Gasteiger partial charge in [-0.25, -0.2) is 9.67 Å². The Morgan fingerprint density at radius 1 is 1.15 bits per heavy atom. The van der Waals surface area contributed by atoms with Gasteiger partial charge in [0, 0.05) is 20.8 Å². The largest absolute Gasteiger partial charge is 0.463 e. The minimum atomic E-state index is -0.983. The lowest BCUT2D eigenvalue weighted by atomic mass is 10.00. The molecular formula is C14H17Br2N3O7. The molecule has 1 aliphatic rings. The van der Waals surface area contributed by atoms with Crippen LogP contribution in [0, 0.1) is 0 Å². The second-order valence-electron chi connectivity index (χ2n) is 5.45. The molecular weight excluding hydrogens is 482 g/mol. The number of hydrogen-bond acceptors (Lipinski definition) is 9. The summed E-state index contributed by atoms with van der Waals surface area (Å²) in [5, 5.41) is 4.13. The molecule has 0 unspecified atom stereocenters. The van der Waals surface area contributed by atoms with Gasteiger partial charge in [-0.1, -0.05) is 15.9 Å². The summed E-state index contributed by atoms with van der Waals surface area (Å²) in [5.74, 6) is -1.69. The zero-order valence-corrected chi connectivity index (χ0v) is 17.3. The van der Waals surface area contributed by atoms with E-state index in [0.29, 0.717) is 4.73 Å². The number of aromatic nitrogens is 3. The molecule has 0 radical (unpaired) electrons. The zero-order valence-electron chi connectivity index (χ0n) is 14.1. The Morgan fingerprint density at radius 3 is 2.27 bits per heavy atom. The number of carbonyl (C=O) groups is 3. The van der Waals surface area contributed by atoms with Crippen molar-refractivity contribution >= 4 is 49.8 Å². The lowest BCUT2D eigenvalue weighted by molar-refractivity contribution is -0.224. The first-order chi connectivity index (χ1) is 12.2. The van der Waals surface area contributed by atoms with Crippen LogP contribution in [0.4, 0.5) is 0 Å². The molecule has 0 amide bonds. The maximum absolute atomic E-state index is 11.6. The van der Waals surface area contributed by atoms with Crippen LogP contribution < -0.4 is 0 Å². The van der Waals surface area contributed by atoms with Gasteiger partial charge in [0.1, 0.15) is 23.9 Å². The lowest BCUT2D eigenvalue weighted by Crippen LogP contribution is -2.57. The summed E-state index contributed by atoms with van der Waals surface area (Å²) in [7, 11) is 0. The molecule has 1 aromatic heterocycles. The van der Waals surface area contributed by atoms with Crippen LogP contribution in [0.2, 0.25) is 0 Å². The number of carbonyl (C=O) groups excluding carboxylic acids is 3. The minimum Gasteiger partial charge on any atom is -0.463 e. The van der Waals surface area contributed by atoms with Crippen LogP contribution in [-0.4, -0.2) is 62.4 Å². The summed E-state index contributed by atoms with van der Waals surface area (Å²) >= 11 is 6.57. The summed E-state index contributed by atoms with van der Waals surface area (Å²) in [4.78, 5) is 37.6. The third kappa shape index (κ3) is 5.24. The average Bonchev–Trinajstić information content (AvgIpc) is 2.95. The van der Waals surface area contributed by atoms with E-state index in [4.69, 9.17) is 18.9 Å². The van der Waals surface area contributed by atoms with Crippen molar-refractivity contribution in [1.82, 2.24) is 14.8 Å².